The molecule has 3 N–H and O–H groups in total. The Bertz CT molecular complexity index is 690. The molecule has 0 aliphatic carbocycles. The summed E-state index contributed by atoms with van der Waals surface area (Å²) in [6, 6.07) is 11.1. The van der Waals surface area contributed by atoms with Crippen LogP contribution in [0.5, 0.6) is 0 Å². The molecule has 1 atom stereocenters. The lowest BCUT2D eigenvalue weighted by atomic mass is 10.0. The molecule has 0 bridgehead atoms. The molecule has 110 valence electrons. The van der Waals surface area contributed by atoms with E-state index in [-0.39, 0.29) is 12.1 Å². The van der Waals surface area contributed by atoms with Crippen LogP contribution in [0.15, 0.2) is 41.2 Å². The van der Waals surface area contributed by atoms with E-state index in [1.807, 2.05) is 30.3 Å². The molecule has 5 heteroatoms. The van der Waals surface area contributed by atoms with Crippen LogP contribution in [0.2, 0.25) is 0 Å². The molecule has 2 aromatic rings. The molecule has 1 unspecified atom stereocenters. The molecule has 0 saturated heterocycles. The molecule has 0 fully saturated rings. The lowest BCUT2D eigenvalue weighted by Gasteiger charge is -2.10. The van der Waals surface area contributed by atoms with Gasteiger partial charge in [0.2, 0.25) is 0 Å². The van der Waals surface area contributed by atoms with Crippen LogP contribution in [0.1, 0.15) is 23.0 Å². The van der Waals surface area contributed by atoms with Gasteiger partial charge >= 0.3 is 0 Å². The molecule has 0 aliphatic rings. The van der Waals surface area contributed by atoms with E-state index in [1.54, 1.807) is 19.9 Å². The summed E-state index contributed by atoms with van der Waals surface area (Å²) in [5, 5.41) is 11.7. The van der Waals surface area contributed by atoms with Gasteiger partial charge < -0.3 is 15.4 Å². The van der Waals surface area contributed by atoms with Crippen LogP contribution >= 0.6 is 0 Å². The predicted octanol–water partition coefficient (Wildman–Crippen LogP) is 1.46. The van der Waals surface area contributed by atoms with E-state index in [0.29, 0.717) is 5.69 Å². The number of aromatic nitrogens is 1. The summed E-state index contributed by atoms with van der Waals surface area (Å²) in [6.45, 7) is 3.46. The average Bonchev–Trinajstić information content (AvgIpc) is 2.46. The first kappa shape index (κ1) is 15.0. The van der Waals surface area contributed by atoms with E-state index >= 15 is 0 Å². The fraction of sp³-hybridized carbons (Fsp3) is 0.250. The van der Waals surface area contributed by atoms with Crippen molar-refractivity contribution in [2.24, 2.45) is 0 Å². The molecule has 1 heterocycles. The van der Waals surface area contributed by atoms with Crippen LogP contribution < -0.4 is 10.9 Å². The van der Waals surface area contributed by atoms with Crippen molar-refractivity contribution in [2.75, 3.05) is 6.54 Å². The van der Waals surface area contributed by atoms with E-state index in [1.165, 1.54) is 0 Å². The number of carbonyl (C=O) groups is 1. The molecule has 0 radical (unpaired) electrons. The van der Waals surface area contributed by atoms with Gasteiger partial charge in [0.15, 0.2) is 0 Å². The van der Waals surface area contributed by atoms with Gasteiger partial charge in [-0.2, -0.15) is 0 Å². The summed E-state index contributed by atoms with van der Waals surface area (Å²) in [5.41, 5.74) is 2.04. The Morgan fingerprint density at radius 3 is 2.62 bits per heavy atom. The molecule has 1 amide bonds. The topological polar surface area (TPSA) is 82.2 Å². The molecule has 0 aliphatic heterocycles. The summed E-state index contributed by atoms with van der Waals surface area (Å²) in [7, 11) is 0. The second-order valence-corrected chi connectivity index (χ2v) is 4.98. The zero-order valence-corrected chi connectivity index (χ0v) is 12.0. The quantitative estimate of drug-likeness (QED) is 0.796. The number of aliphatic hydroxyl groups excluding tert-OH is 1. The Balaban J connectivity index is 2.40. The Hall–Kier alpha value is -2.40. The van der Waals surface area contributed by atoms with Gasteiger partial charge in [-0.3, -0.25) is 9.59 Å². The summed E-state index contributed by atoms with van der Waals surface area (Å²) in [6.07, 6.45) is -0.660. The summed E-state index contributed by atoms with van der Waals surface area (Å²) in [5.74, 6) is -0.491. The minimum Gasteiger partial charge on any atom is -0.392 e. The fourth-order valence-corrected chi connectivity index (χ4v) is 2.04. The summed E-state index contributed by atoms with van der Waals surface area (Å²) >= 11 is 0. The van der Waals surface area contributed by atoms with E-state index in [2.05, 4.69) is 10.3 Å². The maximum absolute atomic E-state index is 12.0. The van der Waals surface area contributed by atoms with Gasteiger partial charge in [-0.25, -0.2) is 0 Å². The standard InChI is InChI=1S/C16H18N2O3/c1-10(19)9-17-15(20)14-8-13(11(2)18-16(14)21)12-6-4-3-5-7-12/h3-8,10,19H,9H2,1-2H3,(H,17,20)(H,18,21). The van der Waals surface area contributed by atoms with Crippen molar-refractivity contribution < 1.29 is 9.90 Å². The molecule has 21 heavy (non-hydrogen) atoms. The van der Waals surface area contributed by atoms with Gasteiger partial charge in [0.05, 0.1) is 6.10 Å². The average molecular weight is 286 g/mol. The number of pyridine rings is 1. The molecule has 1 aromatic heterocycles. The largest absolute Gasteiger partial charge is 0.392 e. The first-order valence-corrected chi connectivity index (χ1v) is 6.74. The van der Waals surface area contributed by atoms with Crippen molar-refractivity contribution in [2.45, 2.75) is 20.0 Å². The minimum absolute atomic E-state index is 0.0418. The molecule has 0 spiro atoms. The van der Waals surface area contributed by atoms with Crippen molar-refractivity contribution in [1.82, 2.24) is 10.3 Å². The van der Waals surface area contributed by atoms with Crippen LogP contribution in [-0.2, 0) is 0 Å². The predicted molar refractivity (Wildman–Crippen MR) is 81.2 cm³/mol. The van der Waals surface area contributed by atoms with Crippen molar-refractivity contribution >= 4 is 5.91 Å². The molecule has 0 saturated carbocycles. The van der Waals surface area contributed by atoms with E-state index in [0.717, 1.165) is 11.1 Å². The highest BCUT2D eigenvalue weighted by molar-refractivity contribution is 5.95. The number of rotatable bonds is 4. The normalized spacial score (nSPS) is 12.0. The zero-order valence-electron chi connectivity index (χ0n) is 12.0. The van der Waals surface area contributed by atoms with Crippen LogP contribution in [0.3, 0.4) is 0 Å². The summed E-state index contributed by atoms with van der Waals surface area (Å²) in [4.78, 5) is 26.6. The third-order valence-corrected chi connectivity index (χ3v) is 3.13. The highest BCUT2D eigenvalue weighted by Crippen LogP contribution is 2.21. The Morgan fingerprint density at radius 1 is 1.33 bits per heavy atom. The number of aryl methyl sites for hydroxylation is 1. The number of hydrogen-bond acceptors (Lipinski definition) is 3. The molecule has 5 nitrogen and oxygen atoms in total. The van der Waals surface area contributed by atoms with E-state index < -0.39 is 17.6 Å². The monoisotopic (exact) mass is 286 g/mol. The third-order valence-electron chi connectivity index (χ3n) is 3.13. The Kier molecular flexibility index (Phi) is 4.55. The smallest absolute Gasteiger partial charge is 0.261 e. The molecular formula is C16H18N2O3. The number of aromatic amines is 1. The van der Waals surface area contributed by atoms with Gasteiger partial charge in [0.25, 0.3) is 11.5 Å². The molecule has 1 aromatic carbocycles. The van der Waals surface area contributed by atoms with Crippen LogP contribution in [0.25, 0.3) is 11.1 Å². The second kappa shape index (κ2) is 6.37. The molecule has 2 rings (SSSR count). The zero-order chi connectivity index (χ0) is 15.4. The number of hydrogen-bond donors (Lipinski definition) is 3. The van der Waals surface area contributed by atoms with Crippen LogP contribution in [0, 0.1) is 6.92 Å². The van der Waals surface area contributed by atoms with Gasteiger partial charge in [0.1, 0.15) is 5.56 Å². The number of amides is 1. The lowest BCUT2D eigenvalue weighted by molar-refractivity contribution is 0.0922. The SMILES string of the molecule is Cc1[nH]c(=O)c(C(=O)NCC(C)O)cc1-c1ccccc1. The highest BCUT2D eigenvalue weighted by Gasteiger charge is 2.14. The number of nitrogens with one attached hydrogen (secondary N) is 2. The van der Waals surface area contributed by atoms with Crippen molar-refractivity contribution in [3.05, 3.63) is 58.0 Å². The van der Waals surface area contributed by atoms with E-state index in [4.69, 9.17) is 0 Å². The number of aliphatic hydroxyl groups is 1. The molecular weight excluding hydrogens is 268 g/mol. The third kappa shape index (κ3) is 3.58. The fourth-order valence-electron chi connectivity index (χ4n) is 2.04. The maximum Gasteiger partial charge on any atom is 0.261 e. The first-order valence-electron chi connectivity index (χ1n) is 6.74. The minimum atomic E-state index is -0.660. The van der Waals surface area contributed by atoms with Crippen molar-refractivity contribution in [3.63, 3.8) is 0 Å². The maximum atomic E-state index is 12.0. The summed E-state index contributed by atoms with van der Waals surface area (Å²) < 4.78 is 0. The van der Waals surface area contributed by atoms with Crippen LogP contribution in [0.4, 0.5) is 0 Å². The van der Waals surface area contributed by atoms with Crippen LogP contribution in [-0.4, -0.2) is 28.6 Å². The lowest BCUT2D eigenvalue weighted by Crippen LogP contribution is -2.34. The highest BCUT2D eigenvalue weighted by atomic mass is 16.3. The first-order chi connectivity index (χ1) is 9.99. The second-order valence-electron chi connectivity index (χ2n) is 4.98. The number of H-pyrrole nitrogens is 1. The van der Waals surface area contributed by atoms with Crippen molar-refractivity contribution in [1.29, 1.82) is 0 Å². The van der Waals surface area contributed by atoms with Gasteiger partial charge in [-0.15, -0.1) is 0 Å². The Labute approximate surface area is 122 Å². The van der Waals surface area contributed by atoms with Gasteiger partial charge in [-0.1, -0.05) is 30.3 Å². The van der Waals surface area contributed by atoms with E-state index in [9.17, 15) is 14.7 Å². The Morgan fingerprint density at radius 2 is 2.00 bits per heavy atom. The van der Waals surface area contributed by atoms with Gasteiger partial charge in [0, 0.05) is 17.8 Å². The number of carbonyl (C=O) groups excluding carboxylic acids is 1. The van der Waals surface area contributed by atoms with Crippen molar-refractivity contribution in [3.8, 4) is 11.1 Å². The number of benzene rings is 1. The van der Waals surface area contributed by atoms with Gasteiger partial charge in [-0.05, 0) is 25.5 Å².